The first-order chi connectivity index (χ1) is 12.8. The van der Waals surface area contributed by atoms with Crippen molar-refractivity contribution in [2.75, 3.05) is 31.1 Å². The van der Waals surface area contributed by atoms with Crippen molar-refractivity contribution in [3.63, 3.8) is 0 Å². The molecule has 0 radical (unpaired) electrons. The van der Waals surface area contributed by atoms with E-state index in [2.05, 4.69) is 26.3 Å². The van der Waals surface area contributed by atoms with Gasteiger partial charge in [0, 0.05) is 38.1 Å². The molecule has 1 aromatic heterocycles. The Bertz CT molecular complexity index is 660. The van der Waals surface area contributed by atoms with E-state index in [1.165, 1.54) is 19.3 Å². The van der Waals surface area contributed by atoms with Crippen LogP contribution < -0.4 is 10.2 Å². The molecule has 4 rings (SSSR count). The van der Waals surface area contributed by atoms with Gasteiger partial charge in [0.25, 0.3) is 0 Å². The molecule has 138 valence electrons. The molecular formula is C19H26N6O. The standard InChI is InChI=1S/C19H26N6O/c20-10-16-6-2-9-25(16)17(26)11-23-18-14-4-1-5-15(18)13-24(12-14)19-21-7-3-8-22-19/h3,7-8,14-16,18,23H,1-2,4-6,9,11-13H2/t14?,15?,16-,18?/m0/s1. The van der Waals surface area contributed by atoms with Gasteiger partial charge in [0.05, 0.1) is 12.6 Å². The fourth-order valence-electron chi connectivity index (χ4n) is 4.89. The normalized spacial score (nSPS) is 30.9. The molecule has 1 N–H and O–H groups in total. The number of nitrogens with one attached hydrogen (secondary N) is 1. The first-order valence-electron chi connectivity index (χ1n) is 9.70. The van der Waals surface area contributed by atoms with Crippen LogP contribution in [0.15, 0.2) is 18.5 Å². The smallest absolute Gasteiger partial charge is 0.237 e. The van der Waals surface area contributed by atoms with Crippen LogP contribution in [0.2, 0.25) is 0 Å². The van der Waals surface area contributed by atoms with E-state index >= 15 is 0 Å². The molecule has 1 amide bonds. The maximum Gasteiger partial charge on any atom is 0.237 e. The number of aromatic nitrogens is 2. The number of nitrogens with zero attached hydrogens (tertiary/aromatic N) is 5. The molecule has 0 aromatic carbocycles. The van der Waals surface area contributed by atoms with E-state index in [9.17, 15) is 10.1 Å². The summed E-state index contributed by atoms with van der Waals surface area (Å²) in [6.07, 6.45) is 8.94. The number of likely N-dealkylation sites (tertiary alicyclic amines) is 1. The SMILES string of the molecule is N#C[C@@H]1CCCN1C(=O)CNC1C2CCCC1CN(c1ncccn1)C2. The van der Waals surface area contributed by atoms with E-state index in [4.69, 9.17) is 0 Å². The third kappa shape index (κ3) is 3.38. The van der Waals surface area contributed by atoms with Gasteiger partial charge in [-0.25, -0.2) is 9.97 Å². The van der Waals surface area contributed by atoms with Crippen molar-refractivity contribution >= 4 is 11.9 Å². The lowest BCUT2D eigenvalue weighted by molar-refractivity contribution is -0.130. The van der Waals surface area contributed by atoms with Gasteiger partial charge in [-0.3, -0.25) is 4.79 Å². The molecule has 0 spiro atoms. The van der Waals surface area contributed by atoms with Crippen molar-refractivity contribution < 1.29 is 4.79 Å². The molecule has 1 aromatic rings. The van der Waals surface area contributed by atoms with Gasteiger partial charge in [-0.1, -0.05) is 6.42 Å². The molecule has 7 heteroatoms. The number of nitriles is 1. The molecule has 2 saturated heterocycles. The summed E-state index contributed by atoms with van der Waals surface area (Å²) < 4.78 is 0. The zero-order valence-corrected chi connectivity index (χ0v) is 15.0. The molecule has 3 fully saturated rings. The van der Waals surface area contributed by atoms with E-state index in [1.807, 2.05) is 6.07 Å². The first kappa shape index (κ1) is 17.2. The van der Waals surface area contributed by atoms with Gasteiger partial charge < -0.3 is 15.1 Å². The third-order valence-corrected chi connectivity index (χ3v) is 6.12. The first-order valence-corrected chi connectivity index (χ1v) is 9.70. The van der Waals surface area contributed by atoms with Crippen LogP contribution in [-0.2, 0) is 4.79 Å². The van der Waals surface area contributed by atoms with Crippen LogP contribution in [0.1, 0.15) is 32.1 Å². The molecule has 3 atom stereocenters. The summed E-state index contributed by atoms with van der Waals surface area (Å²) in [5, 5.41) is 12.7. The molecule has 3 heterocycles. The molecule has 2 unspecified atom stereocenters. The number of fused-ring (bicyclic) bond motifs is 2. The van der Waals surface area contributed by atoms with Crippen LogP contribution in [0.5, 0.6) is 0 Å². The number of hydrogen-bond acceptors (Lipinski definition) is 6. The minimum atomic E-state index is -0.235. The Morgan fingerprint density at radius 2 is 1.92 bits per heavy atom. The van der Waals surface area contributed by atoms with Gasteiger partial charge in [-0.05, 0) is 43.6 Å². The minimum absolute atomic E-state index is 0.0703. The molecular weight excluding hydrogens is 328 g/mol. The highest BCUT2D eigenvalue weighted by Gasteiger charge is 2.40. The zero-order valence-electron chi connectivity index (χ0n) is 15.0. The average molecular weight is 354 g/mol. The van der Waals surface area contributed by atoms with Crippen molar-refractivity contribution in [3.8, 4) is 6.07 Å². The van der Waals surface area contributed by atoms with E-state index in [0.717, 1.165) is 38.4 Å². The maximum absolute atomic E-state index is 12.5. The van der Waals surface area contributed by atoms with Crippen LogP contribution >= 0.6 is 0 Å². The lowest BCUT2D eigenvalue weighted by atomic mass is 9.73. The second kappa shape index (κ2) is 7.58. The van der Waals surface area contributed by atoms with Crippen molar-refractivity contribution in [1.29, 1.82) is 5.26 Å². The Morgan fingerprint density at radius 1 is 1.19 bits per heavy atom. The third-order valence-electron chi connectivity index (χ3n) is 6.12. The summed E-state index contributed by atoms with van der Waals surface area (Å²) >= 11 is 0. The lowest BCUT2D eigenvalue weighted by Gasteiger charge is -2.47. The second-order valence-electron chi connectivity index (χ2n) is 7.69. The monoisotopic (exact) mass is 354 g/mol. The summed E-state index contributed by atoms with van der Waals surface area (Å²) in [6, 6.07) is 4.23. The number of hydrogen-bond donors (Lipinski definition) is 1. The van der Waals surface area contributed by atoms with E-state index in [1.54, 1.807) is 17.3 Å². The minimum Gasteiger partial charge on any atom is -0.340 e. The highest BCUT2D eigenvalue weighted by atomic mass is 16.2. The molecule has 26 heavy (non-hydrogen) atoms. The second-order valence-corrected chi connectivity index (χ2v) is 7.69. The van der Waals surface area contributed by atoms with Gasteiger partial charge in [-0.2, -0.15) is 5.26 Å². The fraction of sp³-hybridized carbons (Fsp3) is 0.684. The van der Waals surface area contributed by atoms with Crippen molar-refractivity contribution in [3.05, 3.63) is 18.5 Å². The van der Waals surface area contributed by atoms with Crippen LogP contribution in [0.4, 0.5) is 5.95 Å². The molecule has 2 aliphatic heterocycles. The summed E-state index contributed by atoms with van der Waals surface area (Å²) in [4.78, 5) is 25.4. The van der Waals surface area contributed by atoms with Crippen molar-refractivity contribution in [2.24, 2.45) is 11.8 Å². The number of anilines is 1. The van der Waals surface area contributed by atoms with Gasteiger partial charge in [-0.15, -0.1) is 0 Å². The molecule has 1 aliphatic carbocycles. The lowest BCUT2D eigenvalue weighted by Crippen LogP contribution is -2.58. The Hall–Kier alpha value is -2.20. The topological polar surface area (TPSA) is 85.2 Å². The number of rotatable bonds is 4. The van der Waals surface area contributed by atoms with Gasteiger partial charge in [0.1, 0.15) is 6.04 Å². The summed E-state index contributed by atoms with van der Waals surface area (Å²) in [6.45, 7) is 2.95. The van der Waals surface area contributed by atoms with Crippen molar-refractivity contribution in [1.82, 2.24) is 20.2 Å². The van der Waals surface area contributed by atoms with Crippen LogP contribution in [-0.4, -0.2) is 59.0 Å². The Morgan fingerprint density at radius 3 is 2.62 bits per heavy atom. The molecule has 1 saturated carbocycles. The predicted molar refractivity (Wildman–Crippen MR) is 97.2 cm³/mol. The molecule has 2 bridgehead atoms. The van der Waals surface area contributed by atoms with Gasteiger partial charge >= 0.3 is 0 Å². The van der Waals surface area contributed by atoms with Crippen LogP contribution in [0.25, 0.3) is 0 Å². The quantitative estimate of drug-likeness (QED) is 0.874. The number of piperidine rings is 1. The Balaban J connectivity index is 1.37. The van der Waals surface area contributed by atoms with E-state index in [0.29, 0.717) is 24.4 Å². The summed E-state index contributed by atoms with van der Waals surface area (Å²) in [5.41, 5.74) is 0. The highest BCUT2D eigenvalue weighted by Crippen LogP contribution is 2.36. The van der Waals surface area contributed by atoms with E-state index < -0.39 is 0 Å². The van der Waals surface area contributed by atoms with E-state index in [-0.39, 0.29) is 11.9 Å². The van der Waals surface area contributed by atoms with Crippen molar-refractivity contribution in [2.45, 2.75) is 44.2 Å². The molecule has 7 nitrogen and oxygen atoms in total. The zero-order chi connectivity index (χ0) is 17.9. The number of carbonyl (C=O) groups excluding carboxylic acids is 1. The Labute approximate surface area is 154 Å². The largest absolute Gasteiger partial charge is 0.340 e. The average Bonchev–Trinajstić information content (AvgIpc) is 3.15. The summed E-state index contributed by atoms with van der Waals surface area (Å²) in [5.74, 6) is 1.92. The van der Waals surface area contributed by atoms with Crippen LogP contribution in [0, 0.1) is 23.2 Å². The fourth-order valence-corrected chi connectivity index (χ4v) is 4.89. The predicted octanol–water partition coefficient (Wildman–Crippen LogP) is 1.19. The molecule has 3 aliphatic rings. The van der Waals surface area contributed by atoms with Gasteiger partial charge in [0.2, 0.25) is 11.9 Å². The summed E-state index contributed by atoms with van der Waals surface area (Å²) in [7, 11) is 0. The van der Waals surface area contributed by atoms with Gasteiger partial charge in [0.15, 0.2) is 0 Å². The Kier molecular flexibility index (Phi) is 5.02. The highest BCUT2D eigenvalue weighted by molar-refractivity contribution is 5.79. The maximum atomic E-state index is 12.5. The number of carbonyl (C=O) groups is 1. The van der Waals surface area contributed by atoms with Crippen LogP contribution in [0.3, 0.4) is 0 Å². The number of amides is 1.